The lowest BCUT2D eigenvalue weighted by molar-refractivity contribution is 0.0975. The summed E-state index contributed by atoms with van der Waals surface area (Å²) >= 11 is 3.01. The Balaban J connectivity index is 1.50. The molecule has 5 aromatic carbocycles. The Kier molecular flexibility index (Phi) is 6.62. The van der Waals surface area contributed by atoms with Crippen molar-refractivity contribution in [1.82, 2.24) is 0 Å². The van der Waals surface area contributed by atoms with Crippen LogP contribution in [-0.2, 0) is 0 Å². The van der Waals surface area contributed by atoms with Gasteiger partial charge in [-0.05, 0) is 61.5 Å². The maximum atomic E-state index is 14.3. The summed E-state index contributed by atoms with van der Waals surface area (Å²) in [5.41, 5.74) is 4.44. The number of nitrogens with one attached hydrogen (secondary N) is 1. The number of ketones is 2. The molecule has 3 nitrogen and oxygen atoms in total. The topological polar surface area (TPSA) is 46.2 Å². The molecule has 0 saturated carbocycles. The van der Waals surface area contributed by atoms with Gasteiger partial charge in [-0.25, -0.2) is 0 Å². The molecule has 0 radical (unpaired) electrons. The van der Waals surface area contributed by atoms with Crippen molar-refractivity contribution in [3.63, 3.8) is 0 Å². The highest BCUT2D eigenvalue weighted by molar-refractivity contribution is 7.99. The third-order valence-electron chi connectivity index (χ3n) is 6.39. The minimum Gasteiger partial charge on any atom is -0.355 e. The monoisotopic (exact) mass is 529 g/mol. The predicted molar refractivity (Wildman–Crippen MR) is 155 cm³/mol. The SMILES string of the molecule is Cc1ccc(Sc2cccc3c2C(=O)c2c(Nc4ccccc4)ccc(Sc4ccccc4)c2C3=O)cc1. The second kappa shape index (κ2) is 10.4. The van der Waals surface area contributed by atoms with E-state index in [1.807, 2.05) is 104 Å². The van der Waals surface area contributed by atoms with E-state index in [0.717, 1.165) is 25.3 Å². The van der Waals surface area contributed by atoms with Gasteiger partial charge in [0.1, 0.15) is 0 Å². The summed E-state index contributed by atoms with van der Waals surface area (Å²) in [4.78, 5) is 32.0. The molecule has 5 heteroatoms. The second-order valence-corrected chi connectivity index (χ2v) is 11.3. The van der Waals surface area contributed by atoms with Crippen LogP contribution in [0.5, 0.6) is 0 Å². The fraction of sp³-hybridized carbons (Fsp3) is 0.0303. The largest absolute Gasteiger partial charge is 0.355 e. The van der Waals surface area contributed by atoms with Gasteiger partial charge < -0.3 is 5.32 Å². The molecule has 0 aliphatic heterocycles. The van der Waals surface area contributed by atoms with Gasteiger partial charge in [0.15, 0.2) is 11.6 Å². The van der Waals surface area contributed by atoms with E-state index in [0.29, 0.717) is 27.9 Å². The van der Waals surface area contributed by atoms with Gasteiger partial charge >= 0.3 is 0 Å². The Morgan fingerprint density at radius 3 is 1.87 bits per heavy atom. The number of anilines is 2. The van der Waals surface area contributed by atoms with Crippen molar-refractivity contribution in [2.45, 2.75) is 26.5 Å². The van der Waals surface area contributed by atoms with Crippen LogP contribution in [0.4, 0.5) is 11.4 Å². The molecule has 0 fully saturated rings. The summed E-state index contributed by atoms with van der Waals surface area (Å²) in [6.07, 6.45) is 0. The molecule has 6 rings (SSSR count). The Morgan fingerprint density at radius 1 is 0.526 bits per heavy atom. The molecule has 1 aliphatic carbocycles. The van der Waals surface area contributed by atoms with Gasteiger partial charge in [0.25, 0.3) is 0 Å². The van der Waals surface area contributed by atoms with Crippen molar-refractivity contribution in [3.8, 4) is 0 Å². The average molecular weight is 530 g/mol. The zero-order chi connectivity index (χ0) is 26.1. The van der Waals surface area contributed by atoms with Crippen molar-refractivity contribution >= 4 is 46.5 Å². The fourth-order valence-electron chi connectivity index (χ4n) is 4.56. The molecule has 1 aliphatic rings. The highest BCUT2D eigenvalue weighted by Crippen LogP contribution is 2.44. The highest BCUT2D eigenvalue weighted by Gasteiger charge is 2.36. The van der Waals surface area contributed by atoms with E-state index in [1.165, 1.54) is 29.1 Å². The normalized spacial score (nSPS) is 12.1. The maximum absolute atomic E-state index is 14.3. The standard InChI is InChI=1S/C33H23NO2S2/c1-21-15-17-24(18-16-21)38-27-14-8-13-25-29(27)33(36)30-26(34-22-9-4-2-5-10-22)19-20-28(31(30)32(25)35)37-23-11-6-3-7-12-23/h2-20,34H,1H3. The van der Waals surface area contributed by atoms with Gasteiger partial charge in [-0.3, -0.25) is 9.59 Å². The minimum atomic E-state index is -0.140. The average Bonchev–Trinajstić information content (AvgIpc) is 2.95. The van der Waals surface area contributed by atoms with E-state index in [-0.39, 0.29) is 11.6 Å². The van der Waals surface area contributed by atoms with Crippen LogP contribution in [-0.4, -0.2) is 11.6 Å². The van der Waals surface area contributed by atoms with E-state index in [2.05, 4.69) is 17.4 Å². The van der Waals surface area contributed by atoms with E-state index in [1.54, 1.807) is 6.07 Å². The summed E-state index contributed by atoms with van der Waals surface area (Å²) in [6.45, 7) is 2.05. The molecule has 0 aromatic heterocycles. The zero-order valence-electron chi connectivity index (χ0n) is 20.6. The minimum absolute atomic E-state index is 0.129. The first-order chi connectivity index (χ1) is 18.6. The van der Waals surface area contributed by atoms with Crippen LogP contribution in [0, 0.1) is 6.92 Å². The van der Waals surface area contributed by atoms with Crippen LogP contribution in [0.25, 0.3) is 0 Å². The molecular weight excluding hydrogens is 507 g/mol. The van der Waals surface area contributed by atoms with Crippen LogP contribution >= 0.6 is 23.5 Å². The first kappa shape index (κ1) is 24.3. The summed E-state index contributed by atoms with van der Waals surface area (Å²) in [5, 5.41) is 3.39. The van der Waals surface area contributed by atoms with Crippen LogP contribution in [0.1, 0.15) is 37.4 Å². The van der Waals surface area contributed by atoms with Crippen molar-refractivity contribution in [2.24, 2.45) is 0 Å². The highest BCUT2D eigenvalue weighted by atomic mass is 32.2. The smallest absolute Gasteiger partial charge is 0.197 e. The Morgan fingerprint density at radius 2 is 1.16 bits per heavy atom. The van der Waals surface area contributed by atoms with E-state index in [9.17, 15) is 9.59 Å². The van der Waals surface area contributed by atoms with E-state index >= 15 is 0 Å². The molecule has 0 amide bonds. The molecule has 184 valence electrons. The third-order valence-corrected chi connectivity index (χ3v) is 8.53. The number of carbonyl (C=O) groups excluding carboxylic acids is 2. The molecule has 5 aromatic rings. The molecule has 0 heterocycles. The number of carbonyl (C=O) groups is 2. The number of para-hydroxylation sites is 1. The number of aryl methyl sites for hydroxylation is 1. The quantitative estimate of drug-likeness (QED) is 0.234. The lowest BCUT2D eigenvalue weighted by Gasteiger charge is -2.25. The third kappa shape index (κ3) is 4.67. The number of hydrogen-bond acceptors (Lipinski definition) is 5. The van der Waals surface area contributed by atoms with Gasteiger partial charge in [-0.2, -0.15) is 0 Å². The Hall–Kier alpha value is -4.06. The Labute approximate surface area is 230 Å². The maximum Gasteiger partial charge on any atom is 0.197 e. The van der Waals surface area contributed by atoms with Gasteiger partial charge in [-0.15, -0.1) is 0 Å². The second-order valence-electron chi connectivity index (χ2n) is 9.02. The van der Waals surface area contributed by atoms with E-state index in [4.69, 9.17) is 0 Å². The van der Waals surface area contributed by atoms with Gasteiger partial charge in [0.2, 0.25) is 0 Å². The first-order valence-corrected chi connectivity index (χ1v) is 13.9. The van der Waals surface area contributed by atoms with Crippen LogP contribution < -0.4 is 5.32 Å². The summed E-state index contributed by atoms with van der Waals surface area (Å²) in [7, 11) is 0. The lowest BCUT2D eigenvalue weighted by Crippen LogP contribution is -2.24. The molecule has 0 spiro atoms. The molecule has 0 atom stereocenters. The molecule has 0 bridgehead atoms. The number of hydrogen-bond donors (Lipinski definition) is 1. The zero-order valence-corrected chi connectivity index (χ0v) is 22.2. The number of benzene rings is 5. The van der Waals surface area contributed by atoms with Crippen LogP contribution in [0.15, 0.2) is 135 Å². The van der Waals surface area contributed by atoms with Crippen molar-refractivity contribution in [2.75, 3.05) is 5.32 Å². The molecule has 1 N–H and O–H groups in total. The summed E-state index contributed by atoms with van der Waals surface area (Å²) in [6, 6.07) is 37.2. The number of rotatable bonds is 6. The molecule has 0 unspecified atom stereocenters. The van der Waals surface area contributed by atoms with Crippen LogP contribution in [0.3, 0.4) is 0 Å². The van der Waals surface area contributed by atoms with Crippen molar-refractivity contribution < 1.29 is 9.59 Å². The van der Waals surface area contributed by atoms with Crippen LogP contribution in [0.2, 0.25) is 0 Å². The van der Waals surface area contributed by atoms with Gasteiger partial charge in [0.05, 0.1) is 11.3 Å². The predicted octanol–water partition coefficient (Wildman–Crippen LogP) is 8.82. The van der Waals surface area contributed by atoms with Gasteiger partial charge in [0, 0.05) is 42.0 Å². The lowest BCUT2D eigenvalue weighted by atomic mass is 9.83. The van der Waals surface area contributed by atoms with E-state index < -0.39 is 0 Å². The van der Waals surface area contributed by atoms with Crippen molar-refractivity contribution in [3.05, 3.63) is 143 Å². The summed E-state index contributed by atoms with van der Waals surface area (Å²) < 4.78 is 0. The molecule has 38 heavy (non-hydrogen) atoms. The first-order valence-electron chi connectivity index (χ1n) is 12.3. The molecular formula is C33H23NO2S2. The number of fused-ring (bicyclic) bond motifs is 2. The Bertz CT molecular complexity index is 1660. The fourth-order valence-corrected chi connectivity index (χ4v) is 6.52. The van der Waals surface area contributed by atoms with Gasteiger partial charge in [-0.1, -0.05) is 89.8 Å². The summed E-state index contributed by atoms with van der Waals surface area (Å²) in [5.74, 6) is -0.269. The molecule has 0 saturated heterocycles. The van der Waals surface area contributed by atoms with Crippen molar-refractivity contribution in [1.29, 1.82) is 0 Å².